The molecule has 0 unspecified atom stereocenters. The molecule has 0 aliphatic rings. The lowest BCUT2D eigenvalue weighted by Gasteiger charge is -2.04. The first-order valence-corrected chi connectivity index (χ1v) is 6.44. The number of aromatic nitrogens is 1. The van der Waals surface area contributed by atoms with Crippen LogP contribution in [0.5, 0.6) is 0 Å². The lowest BCUT2D eigenvalue weighted by Crippen LogP contribution is -1.91. The van der Waals surface area contributed by atoms with Gasteiger partial charge in [-0.3, -0.25) is 0 Å². The maximum Gasteiger partial charge on any atom is 0.261 e. The zero-order valence-corrected chi connectivity index (χ0v) is 10.7. The zero-order valence-electron chi connectivity index (χ0n) is 9.88. The van der Waals surface area contributed by atoms with E-state index in [1.165, 1.54) is 11.8 Å². The molecule has 0 saturated heterocycles. The molecule has 0 atom stereocenters. The maximum atomic E-state index is 6.03. The Morgan fingerprint density at radius 2 is 1.94 bits per heavy atom. The molecule has 0 amide bonds. The van der Waals surface area contributed by atoms with Gasteiger partial charge in [0.1, 0.15) is 5.52 Å². The lowest BCUT2D eigenvalue weighted by atomic mass is 10.2. The Hall–Kier alpha value is -1.94. The first-order valence-electron chi connectivity index (χ1n) is 5.62. The van der Waals surface area contributed by atoms with Crippen LogP contribution in [0.1, 0.15) is 5.56 Å². The van der Waals surface area contributed by atoms with Gasteiger partial charge in [0.2, 0.25) is 0 Å². The summed E-state index contributed by atoms with van der Waals surface area (Å²) in [6.45, 7) is 1.99. The van der Waals surface area contributed by atoms with E-state index in [1.54, 1.807) is 0 Å². The van der Waals surface area contributed by atoms with Gasteiger partial charge in [0.25, 0.3) is 5.22 Å². The number of nitrogens with zero attached hydrogens (tertiary/aromatic N) is 1. The minimum Gasteiger partial charge on any atom is -0.431 e. The van der Waals surface area contributed by atoms with Gasteiger partial charge >= 0.3 is 0 Å². The Kier molecular flexibility index (Phi) is 2.72. The molecule has 2 aromatic carbocycles. The first-order chi connectivity index (χ1) is 8.74. The van der Waals surface area contributed by atoms with E-state index in [0.717, 1.165) is 27.2 Å². The topological polar surface area (TPSA) is 52.0 Å². The molecule has 0 bridgehead atoms. The Bertz CT molecular complexity index is 673. The Morgan fingerprint density at radius 1 is 1.11 bits per heavy atom. The second-order valence-corrected chi connectivity index (χ2v) is 5.03. The monoisotopic (exact) mass is 256 g/mol. The van der Waals surface area contributed by atoms with Crippen LogP contribution < -0.4 is 5.73 Å². The molecular formula is C14H12N2OS. The van der Waals surface area contributed by atoms with Crippen molar-refractivity contribution in [2.75, 3.05) is 5.73 Å². The minimum atomic E-state index is 0.619. The van der Waals surface area contributed by atoms with Crippen LogP contribution in [0.2, 0.25) is 0 Å². The van der Waals surface area contributed by atoms with E-state index >= 15 is 0 Å². The van der Waals surface area contributed by atoms with Crippen LogP contribution in [0, 0.1) is 6.92 Å². The molecule has 3 rings (SSSR count). The standard InChI is InChI=1S/C14H12N2OS/c1-9-5-4-8-12(13(9)15)18-14-16-10-6-2-3-7-11(10)17-14/h2-8H,15H2,1H3. The van der Waals surface area contributed by atoms with Crippen LogP contribution in [-0.4, -0.2) is 4.98 Å². The SMILES string of the molecule is Cc1cccc(Sc2nc3ccccc3o2)c1N. The average molecular weight is 256 g/mol. The normalized spacial score (nSPS) is 10.9. The summed E-state index contributed by atoms with van der Waals surface area (Å²) in [5.74, 6) is 0. The van der Waals surface area contributed by atoms with Crippen LogP contribution in [-0.2, 0) is 0 Å². The number of nitrogens with two attached hydrogens (primary N) is 1. The summed E-state index contributed by atoms with van der Waals surface area (Å²) in [5.41, 5.74) is 9.55. The van der Waals surface area contributed by atoms with Gasteiger partial charge in [-0.15, -0.1) is 0 Å². The summed E-state index contributed by atoms with van der Waals surface area (Å²) in [6.07, 6.45) is 0. The molecule has 3 aromatic rings. The van der Waals surface area contributed by atoms with Gasteiger partial charge in [-0.25, -0.2) is 4.98 Å². The Balaban J connectivity index is 1.99. The molecule has 3 nitrogen and oxygen atoms in total. The van der Waals surface area contributed by atoms with Crippen molar-refractivity contribution in [3.8, 4) is 0 Å². The highest BCUT2D eigenvalue weighted by Gasteiger charge is 2.09. The number of anilines is 1. The third-order valence-corrected chi connectivity index (χ3v) is 3.68. The van der Waals surface area contributed by atoms with Crippen molar-refractivity contribution < 1.29 is 4.42 Å². The first kappa shape index (κ1) is 11.2. The molecular weight excluding hydrogens is 244 g/mol. The van der Waals surface area contributed by atoms with Gasteiger partial charge in [0.15, 0.2) is 5.58 Å². The molecule has 90 valence electrons. The largest absolute Gasteiger partial charge is 0.431 e. The fourth-order valence-corrected chi connectivity index (χ4v) is 2.61. The van der Waals surface area contributed by atoms with Crippen molar-refractivity contribution in [3.05, 3.63) is 48.0 Å². The summed E-state index contributed by atoms with van der Waals surface area (Å²) in [7, 11) is 0. The number of hydrogen-bond donors (Lipinski definition) is 1. The minimum absolute atomic E-state index is 0.619. The predicted octanol–water partition coefficient (Wildman–Crippen LogP) is 3.87. The van der Waals surface area contributed by atoms with E-state index in [1.807, 2.05) is 49.4 Å². The van der Waals surface area contributed by atoms with Crippen LogP contribution in [0.15, 0.2) is 57.0 Å². The smallest absolute Gasteiger partial charge is 0.261 e. The van der Waals surface area contributed by atoms with Crippen molar-refractivity contribution in [2.45, 2.75) is 17.0 Å². The number of nitrogen functional groups attached to an aromatic ring is 1. The number of para-hydroxylation sites is 3. The van der Waals surface area contributed by atoms with Gasteiger partial charge in [-0.1, -0.05) is 24.3 Å². The molecule has 0 saturated carbocycles. The summed E-state index contributed by atoms with van der Waals surface area (Å²) in [4.78, 5) is 5.39. The lowest BCUT2D eigenvalue weighted by molar-refractivity contribution is 0.489. The van der Waals surface area contributed by atoms with Gasteiger partial charge in [0, 0.05) is 10.6 Å². The number of rotatable bonds is 2. The summed E-state index contributed by atoms with van der Waals surface area (Å²) in [5, 5.41) is 0.619. The second kappa shape index (κ2) is 4.38. The Labute approximate surface area is 109 Å². The van der Waals surface area contributed by atoms with E-state index < -0.39 is 0 Å². The van der Waals surface area contributed by atoms with E-state index in [9.17, 15) is 0 Å². The zero-order chi connectivity index (χ0) is 12.5. The van der Waals surface area contributed by atoms with E-state index in [-0.39, 0.29) is 0 Å². The van der Waals surface area contributed by atoms with Gasteiger partial charge in [-0.2, -0.15) is 0 Å². The third kappa shape index (κ3) is 1.95. The van der Waals surface area contributed by atoms with Gasteiger partial charge in [-0.05, 0) is 42.4 Å². The molecule has 0 spiro atoms. The molecule has 0 aliphatic carbocycles. The molecule has 0 aliphatic heterocycles. The summed E-state index contributed by atoms with van der Waals surface area (Å²) < 4.78 is 5.66. The van der Waals surface area contributed by atoms with E-state index in [2.05, 4.69) is 4.98 Å². The van der Waals surface area contributed by atoms with Crippen LogP contribution >= 0.6 is 11.8 Å². The quantitative estimate of drug-likeness (QED) is 0.707. The van der Waals surface area contributed by atoms with Crippen LogP contribution in [0.3, 0.4) is 0 Å². The average Bonchev–Trinajstić information content (AvgIpc) is 2.77. The van der Waals surface area contributed by atoms with Gasteiger partial charge < -0.3 is 10.2 Å². The van der Waals surface area contributed by atoms with Crippen molar-refractivity contribution in [1.82, 2.24) is 4.98 Å². The summed E-state index contributed by atoms with van der Waals surface area (Å²) in [6, 6.07) is 13.7. The Morgan fingerprint density at radius 3 is 2.78 bits per heavy atom. The number of hydrogen-bond acceptors (Lipinski definition) is 4. The van der Waals surface area contributed by atoms with E-state index in [0.29, 0.717) is 5.22 Å². The van der Waals surface area contributed by atoms with Crippen molar-refractivity contribution in [2.24, 2.45) is 0 Å². The number of oxazole rings is 1. The second-order valence-electron chi connectivity index (χ2n) is 4.04. The maximum absolute atomic E-state index is 6.03. The van der Waals surface area contributed by atoms with E-state index in [4.69, 9.17) is 10.2 Å². The highest BCUT2D eigenvalue weighted by molar-refractivity contribution is 7.99. The third-order valence-electron chi connectivity index (χ3n) is 2.76. The van der Waals surface area contributed by atoms with Crippen LogP contribution in [0.25, 0.3) is 11.1 Å². The molecule has 0 fully saturated rings. The number of benzene rings is 2. The van der Waals surface area contributed by atoms with Crippen molar-refractivity contribution >= 4 is 28.5 Å². The highest BCUT2D eigenvalue weighted by Crippen LogP contribution is 2.34. The molecule has 1 heterocycles. The van der Waals surface area contributed by atoms with Crippen LogP contribution in [0.4, 0.5) is 5.69 Å². The molecule has 2 N–H and O–H groups in total. The van der Waals surface area contributed by atoms with Crippen molar-refractivity contribution in [3.63, 3.8) is 0 Å². The molecule has 1 aromatic heterocycles. The molecule has 0 radical (unpaired) electrons. The predicted molar refractivity (Wildman–Crippen MR) is 73.7 cm³/mol. The fourth-order valence-electron chi connectivity index (χ4n) is 1.73. The molecule has 4 heteroatoms. The van der Waals surface area contributed by atoms with Crippen molar-refractivity contribution in [1.29, 1.82) is 0 Å². The highest BCUT2D eigenvalue weighted by atomic mass is 32.2. The number of fused-ring (bicyclic) bond motifs is 1. The molecule has 18 heavy (non-hydrogen) atoms. The number of aryl methyl sites for hydroxylation is 1. The summed E-state index contributed by atoms with van der Waals surface area (Å²) >= 11 is 1.45. The fraction of sp³-hybridized carbons (Fsp3) is 0.0714. The van der Waals surface area contributed by atoms with Gasteiger partial charge in [0.05, 0.1) is 0 Å².